The first-order valence-electron chi connectivity index (χ1n) is 6.53. The van der Waals surface area contributed by atoms with Crippen LogP contribution in [0.15, 0.2) is 48.8 Å². The Labute approximate surface area is 126 Å². The summed E-state index contributed by atoms with van der Waals surface area (Å²) in [6, 6.07) is 8.67. The van der Waals surface area contributed by atoms with Gasteiger partial charge in [0.2, 0.25) is 5.91 Å². The maximum atomic E-state index is 12.7. The Hall–Kier alpha value is -2.96. The minimum absolute atomic E-state index is 0.0463. The van der Waals surface area contributed by atoms with E-state index in [1.807, 2.05) is 0 Å². The van der Waals surface area contributed by atoms with Crippen LogP contribution < -0.4 is 15.6 Å². The number of carbonyl (C=O) groups excluding carboxylic acids is 2. The number of rotatable bonds is 5. The number of halogens is 1. The standard InChI is InChI=1S/C15H14FN3O3/c16-12-3-5-13(6-4-12)22-9-7-14(20)18-19-15(21)11-2-1-8-17-10-11/h1-6,8,10H,7,9H2,(H,18,20)(H,19,21). The molecular formula is C15H14FN3O3. The van der Waals surface area contributed by atoms with Crippen LogP contribution in [0.3, 0.4) is 0 Å². The number of pyridine rings is 1. The van der Waals surface area contributed by atoms with Gasteiger partial charge in [0.25, 0.3) is 5.91 Å². The second kappa shape index (κ2) is 7.72. The van der Waals surface area contributed by atoms with Gasteiger partial charge in [-0.15, -0.1) is 0 Å². The Morgan fingerprint density at radius 3 is 2.59 bits per heavy atom. The van der Waals surface area contributed by atoms with Crippen LogP contribution in [0.1, 0.15) is 16.8 Å². The normalized spacial score (nSPS) is 9.86. The van der Waals surface area contributed by atoms with Gasteiger partial charge in [0.05, 0.1) is 18.6 Å². The smallest absolute Gasteiger partial charge is 0.271 e. The van der Waals surface area contributed by atoms with Crippen molar-refractivity contribution >= 4 is 11.8 Å². The molecule has 0 saturated heterocycles. The van der Waals surface area contributed by atoms with E-state index in [-0.39, 0.29) is 18.8 Å². The summed E-state index contributed by atoms with van der Waals surface area (Å²) in [5.74, 6) is -0.753. The number of hydrazine groups is 1. The first-order valence-corrected chi connectivity index (χ1v) is 6.53. The molecule has 22 heavy (non-hydrogen) atoms. The van der Waals surface area contributed by atoms with Crippen LogP contribution >= 0.6 is 0 Å². The highest BCUT2D eigenvalue weighted by Crippen LogP contribution is 2.10. The molecule has 0 radical (unpaired) electrons. The monoisotopic (exact) mass is 303 g/mol. The number of carbonyl (C=O) groups is 2. The molecule has 7 heteroatoms. The Morgan fingerprint density at radius 2 is 1.91 bits per heavy atom. The van der Waals surface area contributed by atoms with E-state index in [0.717, 1.165) is 0 Å². The molecule has 1 aromatic heterocycles. The lowest BCUT2D eigenvalue weighted by atomic mass is 10.3. The van der Waals surface area contributed by atoms with Crippen LogP contribution in [0.2, 0.25) is 0 Å². The molecule has 1 aromatic carbocycles. The van der Waals surface area contributed by atoms with E-state index in [1.54, 1.807) is 18.3 Å². The van der Waals surface area contributed by atoms with Crippen LogP contribution in [0.25, 0.3) is 0 Å². The lowest BCUT2D eigenvalue weighted by Gasteiger charge is -2.08. The van der Waals surface area contributed by atoms with Crippen LogP contribution in [0.5, 0.6) is 5.75 Å². The number of amides is 2. The quantitative estimate of drug-likeness (QED) is 0.819. The zero-order valence-electron chi connectivity index (χ0n) is 11.6. The van der Waals surface area contributed by atoms with E-state index in [9.17, 15) is 14.0 Å². The second-order valence-electron chi connectivity index (χ2n) is 4.30. The first-order chi connectivity index (χ1) is 10.6. The fourth-order valence-electron chi connectivity index (χ4n) is 1.55. The second-order valence-corrected chi connectivity index (χ2v) is 4.30. The highest BCUT2D eigenvalue weighted by atomic mass is 19.1. The van der Waals surface area contributed by atoms with Gasteiger partial charge in [0, 0.05) is 12.4 Å². The van der Waals surface area contributed by atoms with E-state index in [1.165, 1.54) is 30.5 Å². The van der Waals surface area contributed by atoms with E-state index < -0.39 is 11.8 Å². The van der Waals surface area contributed by atoms with Gasteiger partial charge in [-0.3, -0.25) is 25.4 Å². The Balaban J connectivity index is 1.68. The molecule has 0 aliphatic carbocycles. The van der Waals surface area contributed by atoms with Crippen molar-refractivity contribution in [3.05, 3.63) is 60.2 Å². The molecule has 0 spiro atoms. The molecule has 0 saturated carbocycles. The summed E-state index contributed by atoms with van der Waals surface area (Å²) in [5.41, 5.74) is 4.88. The highest BCUT2D eigenvalue weighted by Gasteiger charge is 2.07. The van der Waals surface area contributed by atoms with E-state index in [4.69, 9.17) is 4.74 Å². The van der Waals surface area contributed by atoms with Gasteiger partial charge in [0.15, 0.2) is 0 Å². The predicted octanol–water partition coefficient (Wildman–Crippen LogP) is 1.45. The van der Waals surface area contributed by atoms with Crippen LogP contribution in [-0.4, -0.2) is 23.4 Å². The molecule has 114 valence electrons. The largest absolute Gasteiger partial charge is 0.493 e. The van der Waals surface area contributed by atoms with Crippen molar-refractivity contribution in [2.24, 2.45) is 0 Å². The molecule has 0 aliphatic heterocycles. The summed E-state index contributed by atoms with van der Waals surface area (Å²) in [4.78, 5) is 27.0. The summed E-state index contributed by atoms with van der Waals surface area (Å²) < 4.78 is 18.0. The van der Waals surface area contributed by atoms with Crippen molar-refractivity contribution in [3.8, 4) is 5.75 Å². The molecule has 0 atom stereocenters. The Morgan fingerprint density at radius 1 is 1.14 bits per heavy atom. The molecule has 0 unspecified atom stereocenters. The molecule has 1 heterocycles. The Bertz CT molecular complexity index is 632. The van der Waals surface area contributed by atoms with Crippen molar-refractivity contribution in [2.45, 2.75) is 6.42 Å². The van der Waals surface area contributed by atoms with E-state index in [2.05, 4.69) is 15.8 Å². The fourth-order valence-corrected chi connectivity index (χ4v) is 1.55. The minimum atomic E-state index is -0.457. The van der Waals surface area contributed by atoms with Crippen molar-refractivity contribution in [2.75, 3.05) is 6.61 Å². The zero-order chi connectivity index (χ0) is 15.8. The predicted molar refractivity (Wildman–Crippen MR) is 76.4 cm³/mol. The number of nitrogens with one attached hydrogen (secondary N) is 2. The lowest BCUT2D eigenvalue weighted by Crippen LogP contribution is -2.42. The van der Waals surface area contributed by atoms with Gasteiger partial charge in [-0.25, -0.2) is 4.39 Å². The molecule has 0 bridgehead atoms. The maximum absolute atomic E-state index is 12.7. The average Bonchev–Trinajstić information content (AvgIpc) is 2.55. The molecule has 2 aromatic rings. The van der Waals surface area contributed by atoms with Gasteiger partial charge in [0.1, 0.15) is 11.6 Å². The third-order valence-corrected chi connectivity index (χ3v) is 2.65. The summed E-state index contributed by atoms with van der Waals surface area (Å²) in [7, 11) is 0. The van der Waals surface area contributed by atoms with Gasteiger partial charge >= 0.3 is 0 Å². The van der Waals surface area contributed by atoms with Crippen molar-refractivity contribution in [1.29, 1.82) is 0 Å². The highest BCUT2D eigenvalue weighted by molar-refractivity contribution is 5.95. The van der Waals surface area contributed by atoms with Gasteiger partial charge in [-0.05, 0) is 36.4 Å². The van der Waals surface area contributed by atoms with Gasteiger partial charge in [-0.1, -0.05) is 0 Å². The summed E-state index contributed by atoms with van der Waals surface area (Å²) in [5, 5.41) is 0. The summed E-state index contributed by atoms with van der Waals surface area (Å²) in [6.45, 7) is 0.111. The molecule has 6 nitrogen and oxygen atoms in total. The van der Waals surface area contributed by atoms with E-state index in [0.29, 0.717) is 11.3 Å². The molecular weight excluding hydrogens is 289 g/mol. The van der Waals surface area contributed by atoms with Crippen LogP contribution in [0, 0.1) is 5.82 Å². The van der Waals surface area contributed by atoms with E-state index >= 15 is 0 Å². The molecule has 2 N–H and O–H groups in total. The minimum Gasteiger partial charge on any atom is -0.493 e. The molecule has 2 amide bonds. The number of hydrogen-bond donors (Lipinski definition) is 2. The number of hydrogen-bond acceptors (Lipinski definition) is 4. The van der Waals surface area contributed by atoms with Gasteiger partial charge in [-0.2, -0.15) is 0 Å². The average molecular weight is 303 g/mol. The third-order valence-electron chi connectivity index (χ3n) is 2.65. The third kappa shape index (κ3) is 4.86. The lowest BCUT2D eigenvalue weighted by molar-refractivity contribution is -0.122. The van der Waals surface area contributed by atoms with Gasteiger partial charge < -0.3 is 4.74 Å². The maximum Gasteiger partial charge on any atom is 0.271 e. The number of benzene rings is 1. The SMILES string of the molecule is O=C(CCOc1ccc(F)cc1)NNC(=O)c1cccnc1. The number of nitrogens with zero attached hydrogens (tertiary/aromatic N) is 1. The first kappa shape index (κ1) is 15.4. The van der Waals surface area contributed by atoms with Crippen LogP contribution in [-0.2, 0) is 4.79 Å². The fraction of sp³-hybridized carbons (Fsp3) is 0.133. The van der Waals surface area contributed by atoms with Crippen LogP contribution in [0.4, 0.5) is 4.39 Å². The zero-order valence-corrected chi connectivity index (χ0v) is 11.6. The van der Waals surface area contributed by atoms with Crippen molar-refractivity contribution in [3.63, 3.8) is 0 Å². The molecule has 0 fully saturated rings. The Kier molecular flexibility index (Phi) is 5.42. The topological polar surface area (TPSA) is 80.3 Å². The summed E-state index contributed by atoms with van der Waals surface area (Å²) >= 11 is 0. The molecule has 0 aliphatic rings. The molecule has 2 rings (SSSR count). The summed E-state index contributed by atoms with van der Waals surface area (Å²) in [6.07, 6.45) is 2.98. The number of ether oxygens (including phenoxy) is 1. The van der Waals surface area contributed by atoms with Crippen molar-refractivity contribution in [1.82, 2.24) is 15.8 Å². The number of aromatic nitrogens is 1. The van der Waals surface area contributed by atoms with Crippen molar-refractivity contribution < 1.29 is 18.7 Å².